The van der Waals surface area contributed by atoms with Gasteiger partial charge in [-0.25, -0.2) is 9.79 Å². The molecule has 2 heterocycles. The maximum absolute atomic E-state index is 13.6. The number of carbonyl (C=O) groups excluding carboxylic acids is 1. The fourth-order valence-corrected chi connectivity index (χ4v) is 6.39. The molecule has 1 N–H and O–H groups in total. The van der Waals surface area contributed by atoms with Gasteiger partial charge in [-0.05, 0) is 93.4 Å². The van der Waals surface area contributed by atoms with Crippen LogP contribution in [0.25, 0.3) is 6.08 Å². The third-order valence-electron chi connectivity index (χ3n) is 5.29. The summed E-state index contributed by atoms with van der Waals surface area (Å²) in [6.07, 6.45) is 3.74. The van der Waals surface area contributed by atoms with Gasteiger partial charge in [-0.2, -0.15) is 0 Å². The van der Waals surface area contributed by atoms with Crippen LogP contribution in [-0.2, 0) is 9.53 Å². The SMILES string of the molecule is CCOC(=O)C1=C(C)N=c2s/c(=C\c3cc(Br)c(O)c(Br)c3)c(=O)n2[C@@H]1c1ccc(SC)cc1. The van der Waals surface area contributed by atoms with Crippen molar-refractivity contribution in [2.45, 2.75) is 24.8 Å². The Morgan fingerprint density at radius 3 is 2.50 bits per heavy atom. The van der Waals surface area contributed by atoms with Gasteiger partial charge < -0.3 is 9.84 Å². The van der Waals surface area contributed by atoms with Crippen LogP contribution in [-0.4, -0.2) is 28.5 Å². The predicted octanol–water partition coefficient (Wildman–Crippen LogP) is 4.75. The van der Waals surface area contributed by atoms with Gasteiger partial charge in [0.15, 0.2) is 4.80 Å². The van der Waals surface area contributed by atoms with Crippen molar-refractivity contribution in [2.75, 3.05) is 12.9 Å². The lowest BCUT2D eigenvalue weighted by atomic mass is 9.96. The van der Waals surface area contributed by atoms with Gasteiger partial charge in [-0.15, -0.1) is 11.8 Å². The van der Waals surface area contributed by atoms with Gasteiger partial charge in [0.2, 0.25) is 0 Å². The first kappa shape index (κ1) is 25.0. The number of esters is 1. The number of carbonyl (C=O) groups is 1. The highest BCUT2D eigenvalue weighted by Gasteiger charge is 2.33. The number of phenolic OH excluding ortho intramolecular Hbond substituents is 1. The minimum absolute atomic E-state index is 0.0852. The van der Waals surface area contributed by atoms with E-state index in [0.717, 1.165) is 16.0 Å². The molecule has 1 aliphatic rings. The molecule has 4 rings (SSSR count). The molecular weight excluding hydrogens is 604 g/mol. The van der Waals surface area contributed by atoms with Crippen molar-refractivity contribution in [3.8, 4) is 5.75 Å². The average molecular weight is 624 g/mol. The number of aromatic hydroxyl groups is 1. The van der Waals surface area contributed by atoms with Crippen LogP contribution in [0.5, 0.6) is 5.75 Å². The summed E-state index contributed by atoms with van der Waals surface area (Å²) in [5, 5.41) is 10.00. The number of benzene rings is 2. The Bertz CT molecular complexity index is 1470. The van der Waals surface area contributed by atoms with Crippen molar-refractivity contribution in [1.82, 2.24) is 4.57 Å². The third-order valence-corrected chi connectivity index (χ3v) is 8.22. The Kier molecular flexibility index (Phi) is 7.51. The zero-order valence-electron chi connectivity index (χ0n) is 18.5. The van der Waals surface area contributed by atoms with Gasteiger partial charge in [-0.3, -0.25) is 9.36 Å². The first-order valence-electron chi connectivity index (χ1n) is 10.3. The fourth-order valence-electron chi connectivity index (χ4n) is 3.71. The van der Waals surface area contributed by atoms with Crippen LogP contribution in [0.1, 0.15) is 31.0 Å². The topological polar surface area (TPSA) is 80.9 Å². The quantitative estimate of drug-likeness (QED) is 0.328. The second kappa shape index (κ2) is 10.2. The number of ether oxygens (including phenoxy) is 1. The maximum atomic E-state index is 13.6. The van der Waals surface area contributed by atoms with E-state index in [-0.39, 0.29) is 17.9 Å². The summed E-state index contributed by atoms with van der Waals surface area (Å²) < 4.78 is 8.37. The lowest BCUT2D eigenvalue weighted by Gasteiger charge is -2.24. The zero-order chi connectivity index (χ0) is 24.6. The van der Waals surface area contributed by atoms with Gasteiger partial charge in [0, 0.05) is 4.90 Å². The number of fused-ring (bicyclic) bond motifs is 1. The lowest BCUT2D eigenvalue weighted by Crippen LogP contribution is -2.39. The molecule has 34 heavy (non-hydrogen) atoms. The molecule has 6 nitrogen and oxygen atoms in total. The van der Waals surface area contributed by atoms with Crippen molar-refractivity contribution in [3.05, 3.63) is 87.4 Å². The molecule has 2 aromatic carbocycles. The standard InChI is InChI=1S/C24H20Br2N2O4S2/c1-4-32-23(31)19-12(2)27-24-28(20(19)14-5-7-15(33-3)8-6-14)22(30)18(34-24)11-13-9-16(25)21(29)17(26)10-13/h5-11,20,29H,4H2,1-3H3/b18-11-/t20-/m1/s1. The van der Waals surface area contributed by atoms with E-state index >= 15 is 0 Å². The highest BCUT2D eigenvalue weighted by atomic mass is 79.9. The highest BCUT2D eigenvalue weighted by Crippen LogP contribution is 2.34. The van der Waals surface area contributed by atoms with E-state index < -0.39 is 12.0 Å². The molecule has 0 saturated carbocycles. The monoisotopic (exact) mass is 622 g/mol. The Labute approximate surface area is 220 Å². The van der Waals surface area contributed by atoms with E-state index in [1.165, 1.54) is 11.3 Å². The first-order valence-corrected chi connectivity index (χ1v) is 13.9. The Balaban J connectivity index is 1.95. The Morgan fingerprint density at radius 2 is 1.91 bits per heavy atom. The van der Waals surface area contributed by atoms with Gasteiger partial charge in [0.05, 0.1) is 37.4 Å². The molecule has 1 atom stereocenters. The summed E-state index contributed by atoms with van der Waals surface area (Å²) in [5.41, 5.74) is 2.16. The largest absolute Gasteiger partial charge is 0.506 e. The van der Waals surface area contributed by atoms with Gasteiger partial charge in [0.25, 0.3) is 5.56 Å². The minimum Gasteiger partial charge on any atom is -0.506 e. The van der Waals surface area contributed by atoms with E-state index in [4.69, 9.17) is 4.74 Å². The first-order chi connectivity index (χ1) is 16.2. The van der Waals surface area contributed by atoms with E-state index in [9.17, 15) is 14.7 Å². The normalized spacial score (nSPS) is 15.8. The molecule has 0 unspecified atom stereocenters. The third kappa shape index (κ3) is 4.68. The van der Waals surface area contributed by atoms with Crippen molar-refractivity contribution in [3.63, 3.8) is 0 Å². The van der Waals surface area contributed by atoms with Crippen molar-refractivity contribution < 1.29 is 14.6 Å². The molecule has 0 bridgehead atoms. The number of phenols is 1. The molecule has 0 spiro atoms. The molecule has 0 radical (unpaired) electrons. The van der Waals surface area contributed by atoms with Gasteiger partial charge in [0.1, 0.15) is 5.75 Å². The number of aromatic nitrogens is 1. The molecule has 10 heteroatoms. The molecular formula is C24H20Br2N2O4S2. The molecule has 0 aliphatic carbocycles. The van der Waals surface area contributed by atoms with Crippen LogP contribution < -0.4 is 14.9 Å². The molecule has 1 aliphatic heterocycles. The van der Waals surface area contributed by atoms with Crippen molar-refractivity contribution in [1.29, 1.82) is 0 Å². The lowest BCUT2D eigenvalue weighted by molar-refractivity contribution is -0.139. The molecule has 0 saturated heterocycles. The second-order valence-corrected chi connectivity index (χ2v) is 11.0. The summed E-state index contributed by atoms with van der Waals surface area (Å²) in [7, 11) is 0. The summed E-state index contributed by atoms with van der Waals surface area (Å²) in [6, 6.07) is 10.6. The summed E-state index contributed by atoms with van der Waals surface area (Å²) in [6.45, 7) is 3.74. The maximum Gasteiger partial charge on any atom is 0.338 e. The summed E-state index contributed by atoms with van der Waals surface area (Å²) in [4.78, 5) is 32.8. The fraction of sp³-hybridized carbons (Fsp3) is 0.208. The van der Waals surface area contributed by atoms with Crippen LogP contribution in [0.15, 0.2) is 71.3 Å². The van der Waals surface area contributed by atoms with E-state index in [0.29, 0.717) is 29.5 Å². The molecule has 0 fully saturated rings. The zero-order valence-corrected chi connectivity index (χ0v) is 23.3. The van der Waals surface area contributed by atoms with E-state index in [1.54, 1.807) is 48.4 Å². The van der Waals surface area contributed by atoms with Crippen LogP contribution in [0.4, 0.5) is 0 Å². The molecule has 0 amide bonds. The number of halogens is 2. The number of thiazole rings is 1. The van der Waals surface area contributed by atoms with Crippen LogP contribution in [0.2, 0.25) is 0 Å². The average Bonchev–Trinajstić information content (AvgIpc) is 3.11. The minimum atomic E-state index is -0.647. The summed E-state index contributed by atoms with van der Waals surface area (Å²) >= 11 is 9.52. The van der Waals surface area contributed by atoms with Crippen LogP contribution >= 0.6 is 55.0 Å². The van der Waals surface area contributed by atoms with Crippen LogP contribution in [0.3, 0.4) is 0 Å². The number of thioether (sulfide) groups is 1. The van der Waals surface area contributed by atoms with Crippen molar-refractivity contribution in [2.24, 2.45) is 4.99 Å². The van der Waals surface area contributed by atoms with E-state index in [1.807, 2.05) is 30.5 Å². The van der Waals surface area contributed by atoms with Gasteiger partial charge >= 0.3 is 5.97 Å². The molecule has 1 aromatic heterocycles. The number of allylic oxidation sites excluding steroid dienone is 1. The number of rotatable bonds is 5. The van der Waals surface area contributed by atoms with Crippen LogP contribution in [0, 0.1) is 0 Å². The van der Waals surface area contributed by atoms with Gasteiger partial charge in [-0.1, -0.05) is 23.5 Å². The smallest absolute Gasteiger partial charge is 0.338 e. The number of hydrogen-bond donors (Lipinski definition) is 1. The molecule has 3 aromatic rings. The van der Waals surface area contributed by atoms with Crippen molar-refractivity contribution >= 4 is 67.0 Å². The Hall–Kier alpha value is -2.14. The Morgan fingerprint density at radius 1 is 1.26 bits per heavy atom. The summed E-state index contributed by atoms with van der Waals surface area (Å²) in [5.74, 6) is -0.398. The predicted molar refractivity (Wildman–Crippen MR) is 142 cm³/mol. The number of hydrogen-bond acceptors (Lipinski definition) is 7. The highest BCUT2D eigenvalue weighted by molar-refractivity contribution is 9.11. The second-order valence-electron chi connectivity index (χ2n) is 7.41. The number of nitrogens with zero attached hydrogens (tertiary/aromatic N) is 2. The van der Waals surface area contributed by atoms with E-state index in [2.05, 4.69) is 36.9 Å². The molecule has 176 valence electrons.